The van der Waals surface area contributed by atoms with Gasteiger partial charge in [-0.3, -0.25) is 24.1 Å². The van der Waals surface area contributed by atoms with Gasteiger partial charge in [0.15, 0.2) is 11.6 Å². The summed E-state index contributed by atoms with van der Waals surface area (Å²) < 4.78 is 0. The van der Waals surface area contributed by atoms with Crippen LogP contribution in [0.5, 0.6) is 0 Å². The highest BCUT2D eigenvalue weighted by Gasteiger charge is 2.36. The quantitative estimate of drug-likeness (QED) is 0.643. The van der Waals surface area contributed by atoms with E-state index in [0.717, 1.165) is 12.8 Å². The fraction of sp³-hybridized carbons (Fsp3) is 0.263. The summed E-state index contributed by atoms with van der Waals surface area (Å²) in [6.45, 7) is 2.37. The van der Waals surface area contributed by atoms with E-state index in [1.165, 1.54) is 4.90 Å². The van der Waals surface area contributed by atoms with Crippen LogP contribution in [0.25, 0.3) is 10.8 Å². The van der Waals surface area contributed by atoms with Crippen LogP contribution in [0.3, 0.4) is 0 Å². The third-order valence-corrected chi connectivity index (χ3v) is 4.77. The molecule has 0 atom stereocenters. The summed E-state index contributed by atoms with van der Waals surface area (Å²) in [4.78, 5) is 51.1. The van der Waals surface area contributed by atoms with Crippen molar-refractivity contribution in [3.05, 3.63) is 46.5 Å². The molecule has 4 rings (SSSR count). The highest BCUT2D eigenvalue weighted by atomic mass is 16.2. The fourth-order valence-electron chi connectivity index (χ4n) is 3.56. The molecule has 0 bridgehead atoms. The number of carbonyl (C=O) groups excluding carboxylic acids is 4. The molecule has 1 aliphatic carbocycles. The van der Waals surface area contributed by atoms with Crippen molar-refractivity contribution in [1.82, 2.24) is 4.90 Å². The molecule has 120 valence electrons. The second kappa shape index (κ2) is 5.09. The van der Waals surface area contributed by atoms with Crippen LogP contribution in [-0.2, 0) is 0 Å². The zero-order chi connectivity index (χ0) is 17.0. The smallest absolute Gasteiger partial charge is 0.261 e. The van der Waals surface area contributed by atoms with E-state index in [2.05, 4.69) is 0 Å². The maximum atomic E-state index is 12.7. The number of amides is 2. The predicted molar refractivity (Wildman–Crippen MR) is 87.5 cm³/mol. The summed E-state index contributed by atoms with van der Waals surface area (Å²) in [6, 6.07) is 6.41. The normalized spacial score (nSPS) is 16.3. The Morgan fingerprint density at radius 1 is 0.792 bits per heavy atom. The minimum atomic E-state index is -0.352. The zero-order valence-electron chi connectivity index (χ0n) is 13.2. The lowest BCUT2D eigenvalue weighted by Crippen LogP contribution is -2.41. The summed E-state index contributed by atoms with van der Waals surface area (Å²) >= 11 is 0. The molecule has 0 spiro atoms. The average molecular weight is 321 g/mol. The van der Waals surface area contributed by atoms with Crippen molar-refractivity contribution < 1.29 is 19.2 Å². The Labute approximate surface area is 138 Å². The summed E-state index contributed by atoms with van der Waals surface area (Å²) in [6.07, 6.45) is 1.45. The van der Waals surface area contributed by atoms with Crippen molar-refractivity contribution in [3.63, 3.8) is 0 Å². The standard InChI is InChI=1S/C19H15NO4/c1-2-3-8-20-18(23)12-6-4-10-14(21)9-15(22)11-5-7-13(19(20)24)17(12)16(10)11/h4-7H,2-3,8-9H2,1H3. The molecule has 0 unspecified atom stereocenters. The first-order valence-corrected chi connectivity index (χ1v) is 8.07. The molecule has 0 radical (unpaired) electrons. The van der Waals surface area contributed by atoms with Crippen molar-refractivity contribution in [2.45, 2.75) is 26.2 Å². The summed E-state index contributed by atoms with van der Waals surface area (Å²) in [5.41, 5.74) is 1.63. The maximum Gasteiger partial charge on any atom is 0.261 e. The largest absolute Gasteiger partial charge is 0.294 e. The van der Waals surface area contributed by atoms with Crippen LogP contribution in [0, 0.1) is 0 Å². The van der Waals surface area contributed by atoms with Gasteiger partial charge in [-0.25, -0.2) is 0 Å². The Morgan fingerprint density at radius 3 is 1.75 bits per heavy atom. The molecule has 1 heterocycles. The highest BCUT2D eigenvalue weighted by Crippen LogP contribution is 2.37. The van der Waals surface area contributed by atoms with Crippen LogP contribution in [0.1, 0.15) is 67.6 Å². The molecule has 0 fully saturated rings. The van der Waals surface area contributed by atoms with E-state index in [1.54, 1.807) is 24.3 Å². The predicted octanol–water partition coefficient (Wildman–Crippen LogP) is 3.01. The molecule has 1 aliphatic heterocycles. The molecule has 2 aromatic carbocycles. The average Bonchev–Trinajstić information content (AvgIpc) is 2.57. The highest BCUT2D eigenvalue weighted by molar-refractivity contribution is 6.34. The number of Topliss-reactive ketones (excluding diaryl/α,β-unsaturated/α-hetero) is 2. The number of nitrogens with zero attached hydrogens (tertiary/aromatic N) is 1. The van der Waals surface area contributed by atoms with Crippen molar-refractivity contribution >= 4 is 34.2 Å². The van der Waals surface area contributed by atoms with Gasteiger partial charge in [-0.1, -0.05) is 13.3 Å². The second-order valence-corrected chi connectivity index (χ2v) is 6.21. The van der Waals surface area contributed by atoms with Crippen LogP contribution in [0.4, 0.5) is 0 Å². The number of imide groups is 1. The van der Waals surface area contributed by atoms with Crippen LogP contribution in [0.2, 0.25) is 0 Å². The van der Waals surface area contributed by atoms with Crippen molar-refractivity contribution in [2.75, 3.05) is 6.54 Å². The van der Waals surface area contributed by atoms with Crippen LogP contribution < -0.4 is 0 Å². The summed E-state index contributed by atoms with van der Waals surface area (Å²) in [5.74, 6) is -1.22. The lowest BCUT2D eigenvalue weighted by atomic mass is 9.82. The van der Waals surface area contributed by atoms with E-state index >= 15 is 0 Å². The van der Waals surface area contributed by atoms with Crippen molar-refractivity contribution in [3.8, 4) is 0 Å². The summed E-state index contributed by atoms with van der Waals surface area (Å²) in [7, 11) is 0. The maximum absolute atomic E-state index is 12.7. The third-order valence-electron chi connectivity index (χ3n) is 4.77. The minimum absolute atomic E-state index is 0.161. The lowest BCUT2D eigenvalue weighted by molar-refractivity contribution is 0.0607. The number of hydrogen-bond donors (Lipinski definition) is 0. The van der Waals surface area contributed by atoms with Crippen LogP contribution >= 0.6 is 0 Å². The number of hydrogen-bond acceptors (Lipinski definition) is 4. The van der Waals surface area contributed by atoms with Gasteiger partial charge in [0, 0.05) is 39.6 Å². The van der Waals surface area contributed by atoms with E-state index in [9.17, 15) is 19.2 Å². The molecular formula is C19H15NO4. The van der Waals surface area contributed by atoms with Gasteiger partial charge in [0.25, 0.3) is 11.8 Å². The molecule has 0 aromatic heterocycles. The van der Waals surface area contributed by atoms with Crippen LogP contribution in [-0.4, -0.2) is 34.8 Å². The monoisotopic (exact) mass is 321 g/mol. The molecular weight excluding hydrogens is 306 g/mol. The first-order valence-electron chi connectivity index (χ1n) is 8.07. The van der Waals surface area contributed by atoms with Gasteiger partial charge in [0.2, 0.25) is 0 Å². The Morgan fingerprint density at radius 2 is 1.25 bits per heavy atom. The second-order valence-electron chi connectivity index (χ2n) is 6.21. The molecule has 5 heteroatoms. The third kappa shape index (κ3) is 1.81. The van der Waals surface area contributed by atoms with E-state index in [1.807, 2.05) is 6.92 Å². The first-order chi connectivity index (χ1) is 11.5. The Hall–Kier alpha value is -2.82. The number of ketones is 2. The number of benzene rings is 2. The molecule has 2 aromatic rings. The van der Waals surface area contributed by atoms with E-state index < -0.39 is 0 Å². The molecule has 0 saturated heterocycles. The van der Waals surface area contributed by atoms with Crippen molar-refractivity contribution in [1.29, 1.82) is 0 Å². The van der Waals surface area contributed by atoms with E-state index in [0.29, 0.717) is 39.6 Å². The van der Waals surface area contributed by atoms with Crippen molar-refractivity contribution in [2.24, 2.45) is 0 Å². The lowest BCUT2D eigenvalue weighted by Gasteiger charge is -2.29. The molecule has 0 N–H and O–H groups in total. The van der Waals surface area contributed by atoms with Gasteiger partial charge >= 0.3 is 0 Å². The van der Waals surface area contributed by atoms with Gasteiger partial charge in [-0.15, -0.1) is 0 Å². The molecule has 2 aliphatic rings. The topological polar surface area (TPSA) is 71.5 Å². The zero-order valence-corrected chi connectivity index (χ0v) is 13.2. The van der Waals surface area contributed by atoms with Gasteiger partial charge in [0.1, 0.15) is 0 Å². The molecule has 5 nitrogen and oxygen atoms in total. The SMILES string of the molecule is CCCCN1C(=O)c2ccc3c4c(ccc(c24)C1=O)C(=O)CC3=O. The fourth-order valence-corrected chi connectivity index (χ4v) is 3.56. The number of carbonyl (C=O) groups is 4. The van der Waals surface area contributed by atoms with E-state index in [4.69, 9.17) is 0 Å². The van der Waals surface area contributed by atoms with Crippen LogP contribution in [0.15, 0.2) is 24.3 Å². The Kier molecular flexibility index (Phi) is 3.13. The van der Waals surface area contributed by atoms with Gasteiger partial charge < -0.3 is 0 Å². The number of unbranched alkanes of at least 4 members (excludes halogenated alkanes) is 1. The molecule has 2 amide bonds. The van der Waals surface area contributed by atoms with Gasteiger partial charge in [-0.05, 0) is 30.7 Å². The molecule has 24 heavy (non-hydrogen) atoms. The summed E-state index contributed by atoms with van der Waals surface area (Å²) in [5, 5.41) is 0.914. The Balaban J connectivity index is 2.03. The first kappa shape index (κ1) is 14.8. The minimum Gasteiger partial charge on any atom is -0.294 e. The van der Waals surface area contributed by atoms with Gasteiger partial charge in [0.05, 0.1) is 6.42 Å². The Bertz CT molecular complexity index is 889. The van der Waals surface area contributed by atoms with Gasteiger partial charge in [-0.2, -0.15) is 0 Å². The number of rotatable bonds is 3. The molecule has 0 saturated carbocycles. The van der Waals surface area contributed by atoms with E-state index in [-0.39, 0.29) is 29.8 Å².